The fraction of sp³-hybridized carbons (Fsp3) is 0.333. The van der Waals surface area contributed by atoms with E-state index in [0.717, 1.165) is 22.4 Å². The molecular formula is C21H24N2O3. The van der Waals surface area contributed by atoms with E-state index in [-0.39, 0.29) is 5.91 Å². The first-order valence-electron chi connectivity index (χ1n) is 8.65. The van der Waals surface area contributed by atoms with Crippen molar-refractivity contribution in [2.24, 2.45) is 0 Å². The van der Waals surface area contributed by atoms with Gasteiger partial charge in [-0.1, -0.05) is 48.0 Å². The van der Waals surface area contributed by atoms with Crippen LogP contribution in [0.3, 0.4) is 0 Å². The largest absolute Gasteiger partial charge is 0.453 e. The van der Waals surface area contributed by atoms with E-state index in [4.69, 9.17) is 4.74 Å². The van der Waals surface area contributed by atoms with Crippen molar-refractivity contribution in [3.63, 3.8) is 0 Å². The van der Waals surface area contributed by atoms with Gasteiger partial charge in [-0.05, 0) is 30.5 Å². The number of carbonyl (C=O) groups excluding carboxylic acids is 2. The van der Waals surface area contributed by atoms with Crippen molar-refractivity contribution in [1.82, 2.24) is 4.90 Å². The van der Waals surface area contributed by atoms with Crippen molar-refractivity contribution in [1.29, 1.82) is 0 Å². The van der Waals surface area contributed by atoms with Gasteiger partial charge < -0.3 is 14.5 Å². The number of amides is 2. The highest BCUT2D eigenvalue weighted by Crippen LogP contribution is 2.48. The molecule has 0 N–H and O–H groups in total. The lowest BCUT2D eigenvalue weighted by atomic mass is 9.72. The van der Waals surface area contributed by atoms with Gasteiger partial charge in [0.25, 0.3) is 0 Å². The van der Waals surface area contributed by atoms with E-state index in [1.54, 1.807) is 11.9 Å². The Bertz CT molecular complexity index is 834. The van der Waals surface area contributed by atoms with E-state index in [2.05, 4.69) is 6.07 Å². The topological polar surface area (TPSA) is 49.9 Å². The Labute approximate surface area is 154 Å². The van der Waals surface area contributed by atoms with Gasteiger partial charge >= 0.3 is 6.09 Å². The minimum absolute atomic E-state index is 0.0302. The Morgan fingerprint density at radius 1 is 1.19 bits per heavy atom. The summed E-state index contributed by atoms with van der Waals surface area (Å²) in [5, 5.41) is 0. The lowest BCUT2D eigenvalue weighted by Crippen LogP contribution is -2.42. The van der Waals surface area contributed by atoms with Crippen LogP contribution in [-0.2, 0) is 14.9 Å². The first-order chi connectivity index (χ1) is 12.4. The number of benzene rings is 2. The van der Waals surface area contributed by atoms with Gasteiger partial charge in [0.15, 0.2) is 0 Å². The van der Waals surface area contributed by atoms with E-state index in [0.29, 0.717) is 13.0 Å². The highest BCUT2D eigenvalue weighted by atomic mass is 16.5. The Hall–Kier alpha value is -2.82. The maximum absolute atomic E-state index is 13.4. The second kappa shape index (κ2) is 6.83. The summed E-state index contributed by atoms with van der Waals surface area (Å²) in [5.74, 6) is 0.0302. The van der Waals surface area contributed by atoms with Crippen molar-refractivity contribution in [3.05, 3.63) is 65.2 Å². The van der Waals surface area contributed by atoms with E-state index >= 15 is 0 Å². The lowest BCUT2D eigenvalue weighted by Gasteiger charge is -2.31. The molecule has 1 aliphatic heterocycles. The molecule has 0 saturated heterocycles. The number of anilines is 1. The van der Waals surface area contributed by atoms with Crippen LogP contribution in [0.5, 0.6) is 0 Å². The summed E-state index contributed by atoms with van der Waals surface area (Å²) < 4.78 is 4.79. The SMILES string of the molecule is COC(=O)N(C)CCC1(c2ccccc2)C(=O)N(C)c2ccc(C)cc21. The van der Waals surface area contributed by atoms with Gasteiger partial charge in [0.05, 0.1) is 7.11 Å². The summed E-state index contributed by atoms with van der Waals surface area (Å²) in [6.45, 7) is 2.44. The smallest absolute Gasteiger partial charge is 0.409 e. The summed E-state index contributed by atoms with van der Waals surface area (Å²) in [4.78, 5) is 28.5. The third kappa shape index (κ3) is 2.73. The maximum atomic E-state index is 13.4. The molecule has 2 aromatic rings. The molecule has 1 atom stereocenters. The van der Waals surface area contributed by atoms with Crippen molar-refractivity contribution < 1.29 is 14.3 Å². The van der Waals surface area contributed by atoms with Gasteiger partial charge in [-0.2, -0.15) is 0 Å². The van der Waals surface area contributed by atoms with Gasteiger partial charge in [-0.3, -0.25) is 4.79 Å². The summed E-state index contributed by atoms with van der Waals surface area (Å²) in [6, 6.07) is 15.9. The second-order valence-corrected chi connectivity index (χ2v) is 6.80. The van der Waals surface area contributed by atoms with E-state index in [1.165, 1.54) is 12.0 Å². The number of fused-ring (bicyclic) bond motifs is 1. The van der Waals surface area contributed by atoms with Gasteiger partial charge in [0, 0.05) is 26.3 Å². The quantitative estimate of drug-likeness (QED) is 0.848. The molecule has 136 valence electrons. The van der Waals surface area contributed by atoms with Gasteiger partial charge in [-0.15, -0.1) is 0 Å². The summed E-state index contributed by atoms with van der Waals surface area (Å²) in [7, 11) is 4.86. The van der Waals surface area contributed by atoms with Crippen molar-refractivity contribution in [2.45, 2.75) is 18.8 Å². The molecule has 0 aromatic heterocycles. The number of rotatable bonds is 4. The van der Waals surface area contributed by atoms with Crippen molar-refractivity contribution >= 4 is 17.7 Å². The minimum Gasteiger partial charge on any atom is -0.453 e. The molecule has 0 bridgehead atoms. The Balaban J connectivity index is 2.13. The first-order valence-corrected chi connectivity index (χ1v) is 8.65. The summed E-state index contributed by atoms with van der Waals surface area (Å²) in [6.07, 6.45) is 0.0823. The fourth-order valence-electron chi connectivity index (χ4n) is 3.77. The van der Waals surface area contributed by atoms with E-state index in [1.807, 2.05) is 56.4 Å². The van der Waals surface area contributed by atoms with Crippen LogP contribution >= 0.6 is 0 Å². The van der Waals surface area contributed by atoms with Gasteiger partial charge in [0.2, 0.25) is 5.91 Å². The van der Waals surface area contributed by atoms with Crippen LogP contribution < -0.4 is 4.90 Å². The highest BCUT2D eigenvalue weighted by Gasteiger charge is 2.50. The molecule has 0 saturated carbocycles. The molecule has 1 unspecified atom stereocenters. The molecule has 5 heteroatoms. The number of hydrogen-bond donors (Lipinski definition) is 0. The zero-order valence-electron chi connectivity index (χ0n) is 15.7. The molecule has 3 rings (SSSR count). The lowest BCUT2D eigenvalue weighted by molar-refractivity contribution is -0.121. The molecule has 2 aromatic carbocycles. The van der Waals surface area contributed by atoms with Gasteiger partial charge in [-0.25, -0.2) is 4.79 Å². The molecule has 0 fully saturated rings. The Morgan fingerprint density at radius 3 is 2.54 bits per heavy atom. The van der Waals surface area contributed by atoms with Crippen LogP contribution in [0.4, 0.5) is 10.5 Å². The maximum Gasteiger partial charge on any atom is 0.409 e. The van der Waals surface area contributed by atoms with Crippen LogP contribution in [0.15, 0.2) is 48.5 Å². The van der Waals surface area contributed by atoms with Gasteiger partial charge in [0.1, 0.15) is 5.41 Å². The molecule has 0 spiro atoms. The number of likely N-dealkylation sites (N-methyl/N-ethyl adjacent to an activating group) is 1. The van der Waals surface area contributed by atoms with Crippen LogP contribution in [0.25, 0.3) is 0 Å². The first kappa shape index (κ1) is 18.0. The molecule has 1 heterocycles. The van der Waals surface area contributed by atoms with E-state index < -0.39 is 11.5 Å². The second-order valence-electron chi connectivity index (χ2n) is 6.80. The number of methoxy groups -OCH3 is 1. The minimum atomic E-state index is -0.806. The molecular weight excluding hydrogens is 328 g/mol. The number of ether oxygens (including phenoxy) is 1. The Kier molecular flexibility index (Phi) is 4.72. The fourth-order valence-corrected chi connectivity index (χ4v) is 3.77. The highest BCUT2D eigenvalue weighted by molar-refractivity contribution is 6.10. The monoisotopic (exact) mass is 352 g/mol. The Morgan fingerprint density at radius 2 is 1.88 bits per heavy atom. The molecule has 2 amide bonds. The number of nitrogens with zero attached hydrogens (tertiary/aromatic N) is 2. The average molecular weight is 352 g/mol. The summed E-state index contributed by atoms with van der Waals surface area (Å²) >= 11 is 0. The molecule has 1 aliphatic rings. The van der Waals surface area contributed by atoms with Crippen LogP contribution in [0.1, 0.15) is 23.1 Å². The number of hydrogen-bond acceptors (Lipinski definition) is 3. The van der Waals surface area contributed by atoms with E-state index in [9.17, 15) is 9.59 Å². The standard InChI is InChI=1S/C21H24N2O3/c1-15-10-11-18-17(14-15)21(19(24)23(18)3,16-8-6-5-7-9-16)12-13-22(2)20(25)26-4/h5-11,14H,12-13H2,1-4H3. The van der Waals surface area contributed by atoms with Crippen molar-refractivity contribution in [2.75, 3.05) is 32.6 Å². The average Bonchev–Trinajstić information content (AvgIpc) is 2.87. The third-order valence-electron chi connectivity index (χ3n) is 5.22. The van der Waals surface area contributed by atoms with Crippen LogP contribution in [0.2, 0.25) is 0 Å². The number of aryl methyl sites for hydroxylation is 1. The molecule has 0 aliphatic carbocycles. The predicted molar refractivity (Wildman–Crippen MR) is 101 cm³/mol. The normalized spacial score (nSPS) is 18.6. The predicted octanol–water partition coefficient (Wildman–Crippen LogP) is 3.35. The van der Waals surface area contributed by atoms with Crippen LogP contribution in [0, 0.1) is 6.92 Å². The molecule has 26 heavy (non-hydrogen) atoms. The zero-order chi connectivity index (χ0) is 18.9. The molecule has 0 radical (unpaired) electrons. The van der Waals surface area contributed by atoms with Crippen molar-refractivity contribution in [3.8, 4) is 0 Å². The zero-order valence-corrected chi connectivity index (χ0v) is 15.7. The summed E-state index contributed by atoms with van der Waals surface area (Å²) in [5.41, 5.74) is 3.16. The van der Waals surface area contributed by atoms with Crippen LogP contribution in [-0.4, -0.2) is 44.7 Å². The molecule has 5 nitrogen and oxygen atoms in total. The third-order valence-corrected chi connectivity index (χ3v) is 5.22. The number of carbonyl (C=O) groups is 2.